The first kappa shape index (κ1) is 16.1. The van der Waals surface area contributed by atoms with Gasteiger partial charge >= 0.3 is 5.97 Å². The van der Waals surface area contributed by atoms with E-state index in [-0.39, 0.29) is 11.5 Å². The van der Waals surface area contributed by atoms with Crippen molar-refractivity contribution >= 4 is 18.1 Å². The van der Waals surface area contributed by atoms with E-state index in [4.69, 9.17) is 9.15 Å². The molecule has 25 heavy (non-hydrogen) atoms. The van der Waals surface area contributed by atoms with E-state index in [9.17, 15) is 9.59 Å². The standard InChI is InChI=1S/C18H13N3O4/c22-17(15-7-1-2-9-19-15)21-20-12-13-5-3-6-14(11-13)25-18(23)16-8-4-10-24-16/h1-12H,(H,21,22). The summed E-state index contributed by atoms with van der Waals surface area (Å²) in [6.07, 6.45) is 4.35. The van der Waals surface area contributed by atoms with E-state index in [0.29, 0.717) is 11.3 Å². The highest BCUT2D eigenvalue weighted by Gasteiger charge is 2.11. The van der Waals surface area contributed by atoms with Crippen molar-refractivity contribution in [2.45, 2.75) is 0 Å². The Morgan fingerprint density at radius 2 is 2.04 bits per heavy atom. The normalized spacial score (nSPS) is 10.6. The maximum Gasteiger partial charge on any atom is 0.379 e. The molecule has 2 heterocycles. The minimum absolute atomic E-state index is 0.113. The number of nitrogens with one attached hydrogen (secondary N) is 1. The monoisotopic (exact) mass is 335 g/mol. The summed E-state index contributed by atoms with van der Waals surface area (Å²) >= 11 is 0. The molecule has 0 fully saturated rings. The first-order valence-electron chi connectivity index (χ1n) is 7.32. The third-order valence-electron chi connectivity index (χ3n) is 3.07. The van der Waals surface area contributed by atoms with Crippen LogP contribution in [0.5, 0.6) is 5.75 Å². The van der Waals surface area contributed by atoms with Gasteiger partial charge in [-0.05, 0) is 42.0 Å². The minimum Gasteiger partial charge on any atom is -0.457 e. The lowest BCUT2D eigenvalue weighted by molar-refractivity contribution is 0.0701. The lowest BCUT2D eigenvalue weighted by atomic mass is 10.2. The van der Waals surface area contributed by atoms with Gasteiger partial charge in [0.05, 0.1) is 12.5 Å². The van der Waals surface area contributed by atoms with Crippen molar-refractivity contribution in [1.82, 2.24) is 10.4 Å². The summed E-state index contributed by atoms with van der Waals surface area (Å²) < 4.78 is 10.2. The summed E-state index contributed by atoms with van der Waals surface area (Å²) in [5.41, 5.74) is 3.28. The number of hydrazone groups is 1. The van der Waals surface area contributed by atoms with Crippen molar-refractivity contribution in [2.24, 2.45) is 5.10 Å². The predicted octanol–water partition coefficient (Wildman–Crippen LogP) is 2.66. The zero-order valence-electron chi connectivity index (χ0n) is 13.0. The summed E-state index contributed by atoms with van der Waals surface area (Å²) in [7, 11) is 0. The van der Waals surface area contributed by atoms with Gasteiger partial charge in [0.25, 0.3) is 5.91 Å². The number of hydrogen-bond donors (Lipinski definition) is 1. The largest absolute Gasteiger partial charge is 0.457 e. The third-order valence-corrected chi connectivity index (χ3v) is 3.07. The molecular formula is C18H13N3O4. The first-order chi connectivity index (χ1) is 12.2. The molecule has 0 aliphatic carbocycles. The molecule has 7 nitrogen and oxygen atoms in total. The molecule has 0 bridgehead atoms. The number of benzene rings is 1. The molecule has 0 saturated carbocycles. The Kier molecular flexibility index (Phi) is 4.96. The lowest BCUT2D eigenvalue weighted by Crippen LogP contribution is -2.18. The van der Waals surface area contributed by atoms with Crippen molar-refractivity contribution < 1.29 is 18.7 Å². The number of pyridine rings is 1. The van der Waals surface area contributed by atoms with Crippen LogP contribution in [0.1, 0.15) is 26.6 Å². The number of nitrogens with zero attached hydrogens (tertiary/aromatic N) is 2. The third kappa shape index (κ3) is 4.38. The van der Waals surface area contributed by atoms with Crippen LogP contribution in [-0.2, 0) is 0 Å². The number of amides is 1. The maximum absolute atomic E-state index is 11.8. The van der Waals surface area contributed by atoms with Crippen molar-refractivity contribution in [1.29, 1.82) is 0 Å². The lowest BCUT2D eigenvalue weighted by Gasteiger charge is -2.03. The van der Waals surface area contributed by atoms with Gasteiger partial charge in [-0.3, -0.25) is 9.78 Å². The fraction of sp³-hybridized carbons (Fsp3) is 0. The van der Waals surface area contributed by atoms with Crippen LogP contribution >= 0.6 is 0 Å². The molecule has 0 aliphatic rings. The molecule has 0 unspecified atom stereocenters. The number of carbonyl (C=O) groups excluding carboxylic acids is 2. The second-order valence-corrected chi connectivity index (χ2v) is 4.85. The highest BCUT2D eigenvalue weighted by atomic mass is 16.5. The first-order valence-corrected chi connectivity index (χ1v) is 7.32. The fourth-order valence-corrected chi connectivity index (χ4v) is 1.93. The summed E-state index contributed by atoms with van der Waals surface area (Å²) in [5, 5.41) is 3.86. The molecule has 0 aliphatic heterocycles. The number of furan rings is 1. The smallest absolute Gasteiger partial charge is 0.379 e. The van der Waals surface area contributed by atoms with E-state index < -0.39 is 11.9 Å². The van der Waals surface area contributed by atoms with Crippen molar-refractivity contribution in [3.8, 4) is 5.75 Å². The number of aromatic nitrogens is 1. The Bertz CT molecular complexity index is 890. The zero-order chi connectivity index (χ0) is 17.5. The molecule has 3 aromatic rings. The quantitative estimate of drug-likeness (QED) is 0.335. The van der Waals surface area contributed by atoms with Crippen LogP contribution in [0.2, 0.25) is 0 Å². The average Bonchev–Trinajstić information content (AvgIpc) is 3.17. The van der Waals surface area contributed by atoms with E-state index in [1.807, 2.05) is 0 Å². The van der Waals surface area contributed by atoms with Gasteiger partial charge in [-0.2, -0.15) is 5.10 Å². The van der Waals surface area contributed by atoms with Crippen molar-refractivity contribution in [3.05, 3.63) is 84.1 Å². The maximum atomic E-state index is 11.8. The topological polar surface area (TPSA) is 93.8 Å². The molecule has 2 aromatic heterocycles. The average molecular weight is 335 g/mol. The molecular weight excluding hydrogens is 322 g/mol. The van der Waals surface area contributed by atoms with Crippen LogP contribution in [-0.4, -0.2) is 23.1 Å². The molecule has 0 saturated heterocycles. The van der Waals surface area contributed by atoms with Crippen LogP contribution in [0.4, 0.5) is 0 Å². The Morgan fingerprint density at radius 3 is 2.80 bits per heavy atom. The van der Waals surface area contributed by atoms with Gasteiger partial charge in [0.1, 0.15) is 11.4 Å². The number of esters is 1. The summed E-state index contributed by atoms with van der Waals surface area (Å²) in [4.78, 5) is 27.6. The van der Waals surface area contributed by atoms with Crippen LogP contribution in [0.3, 0.4) is 0 Å². The van der Waals surface area contributed by atoms with E-state index in [1.54, 1.807) is 48.5 Å². The fourth-order valence-electron chi connectivity index (χ4n) is 1.93. The van der Waals surface area contributed by atoms with Gasteiger partial charge in [-0.15, -0.1) is 0 Å². The van der Waals surface area contributed by atoms with Crippen LogP contribution in [0.25, 0.3) is 0 Å². The second kappa shape index (κ2) is 7.69. The van der Waals surface area contributed by atoms with Crippen LogP contribution < -0.4 is 10.2 Å². The molecule has 0 spiro atoms. The predicted molar refractivity (Wildman–Crippen MR) is 89.4 cm³/mol. The van der Waals surface area contributed by atoms with E-state index in [1.165, 1.54) is 24.7 Å². The highest BCUT2D eigenvalue weighted by molar-refractivity contribution is 5.93. The SMILES string of the molecule is O=C(NN=Cc1cccc(OC(=O)c2ccco2)c1)c1ccccn1. The Balaban J connectivity index is 1.61. The number of hydrogen-bond acceptors (Lipinski definition) is 6. The van der Waals surface area contributed by atoms with Crippen LogP contribution in [0, 0.1) is 0 Å². The van der Waals surface area contributed by atoms with Gasteiger partial charge in [-0.1, -0.05) is 18.2 Å². The molecule has 7 heteroatoms. The zero-order valence-corrected chi connectivity index (χ0v) is 13.0. The molecule has 1 amide bonds. The Hall–Kier alpha value is -3.74. The summed E-state index contributed by atoms with van der Waals surface area (Å²) in [6.45, 7) is 0. The number of carbonyl (C=O) groups is 2. The van der Waals surface area contributed by atoms with Crippen molar-refractivity contribution in [3.63, 3.8) is 0 Å². The minimum atomic E-state index is -0.595. The number of ether oxygens (including phenoxy) is 1. The molecule has 1 N–H and O–H groups in total. The molecule has 0 atom stereocenters. The molecule has 0 radical (unpaired) electrons. The van der Waals surface area contributed by atoms with E-state index >= 15 is 0 Å². The van der Waals surface area contributed by atoms with E-state index in [0.717, 1.165) is 0 Å². The van der Waals surface area contributed by atoms with Crippen molar-refractivity contribution in [2.75, 3.05) is 0 Å². The molecule has 1 aromatic carbocycles. The molecule has 124 valence electrons. The van der Waals surface area contributed by atoms with Gasteiger partial charge < -0.3 is 9.15 Å². The van der Waals surface area contributed by atoms with Gasteiger partial charge in [0, 0.05) is 6.20 Å². The van der Waals surface area contributed by atoms with Crippen LogP contribution in [0.15, 0.2) is 76.6 Å². The highest BCUT2D eigenvalue weighted by Crippen LogP contribution is 2.14. The Labute approximate surface area is 143 Å². The second-order valence-electron chi connectivity index (χ2n) is 4.85. The molecule has 3 rings (SSSR count). The summed E-state index contributed by atoms with van der Waals surface area (Å²) in [5.74, 6) is -0.567. The van der Waals surface area contributed by atoms with Gasteiger partial charge in [-0.25, -0.2) is 10.2 Å². The summed E-state index contributed by atoms with van der Waals surface area (Å²) in [6, 6.07) is 14.8. The number of rotatable bonds is 5. The van der Waals surface area contributed by atoms with Gasteiger partial charge in [0.2, 0.25) is 5.76 Å². The van der Waals surface area contributed by atoms with Gasteiger partial charge in [0.15, 0.2) is 0 Å². The Morgan fingerprint density at radius 1 is 1.12 bits per heavy atom. The van der Waals surface area contributed by atoms with E-state index in [2.05, 4.69) is 15.5 Å².